The van der Waals surface area contributed by atoms with Crippen molar-refractivity contribution in [1.29, 1.82) is 0 Å². The molecule has 2 aromatic carbocycles. The summed E-state index contributed by atoms with van der Waals surface area (Å²) in [6.07, 6.45) is 0.693. The van der Waals surface area contributed by atoms with Crippen LogP contribution in [-0.4, -0.2) is 10.8 Å². The van der Waals surface area contributed by atoms with Crippen LogP contribution in [0.3, 0.4) is 0 Å². The minimum Gasteiger partial charge on any atom is -0.467 e. The first kappa shape index (κ1) is 13.5. The molecule has 0 amide bonds. The van der Waals surface area contributed by atoms with Crippen molar-refractivity contribution in [3.05, 3.63) is 59.9 Å². The van der Waals surface area contributed by atoms with E-state index in [1.165, 1.54) is 6.07 Å². The standard InChI is InChI=1S/C17H15FN2OS/c1-17-10-13(11-6-2-5-9-15(11)21-17)19-16(22)20(17)14-8-4-3-7-12(14)18/h2-9,13H,10H2,1H3,(H,19,22)/t13-,17-/m1/s1. The van der Waals surface area contributed by atoms with Crippen molar-refractivity contribution in [2.24, 2.45) is 0 Å². The van der Waals surface area contributed by atoms with Crippen LogP contribution in [-0.2, 0) is 0 Å². The molecule has 2 aliphatic rings. The molecule has 0 aromatic heterocycles. The molecular weight excluding hydrogens is 299 g/mol. The Hall–Kier alpha value is -2.14. The maximum absolute atomic E-state index is 14.3. The van der Waals surface area contributed by atoms with Gasteiger partial charge in [0.15, 0.2) is 10.8 Å². The van der Waals surface area contributed by atoms with Crippen LogP contribution >= 0.6 is 12.2 Å². The molecular formula is C17H15FN2OS. The van der Waals surface area contributed by atoms with Crippen LogP contribution in [0.1, 0.15) is 24.9 Å². The van der Waals surface area contributed by atoms with Gasteiger partial charge in [0.05, 0.1) is 11.7 Å². The smallest absolute Gasteiger partial charge is 0.188 e. The molecule has 1 saturated heterocycles. The lowest BCUT2D eigenvalue weighted by Crippen LogP contribution is -2.65. The van der Waals surface area contributed by atoms with Crippen LogP contribution in [0.4, 0.5) is 10.1 Å². The van der Waals surface area contributed by atoms with Crippen LogP contribution in [0.2, 0.25) is 0 Å². The fraction of sp³-hybridized carbons (Fsp3) is 0.235. The Morgan fingerprint density at radius 3 is 2.77 bits per heavy atom. The minimum absolute atomic E-state index is 0.0884. The largest absolute Gasteiger partial charge is 0.467 e. The van der Waals surface area contributed by atoms with Crippen LogP contribution in [0, 0.1) is 5.82 Å². The number of ether oxygens (including phenoxy) is 1. The predicted octanol–water partition coefficient (Wildman–Crippen LogP) is 3.76. The van der Waals surface area contributed by atoms with Crippen molar-refractivity contribution in [1.82, 2.24) is 5.32 Å². The lowest BCUT2D eigenvalue weighted by molar-refractivity contribution is 0.0492. The van der Waals surface area contributed by atoms with E-state index in [0.717, 1.165) is 11.3 Å². The van der Waals surface area contributed by atoms with Gasteiger partial charge in [0, 0.05) is 12.0 Å². The molecule has 1 N–H and O–H groups in total. The van der Waals surface area contributed by atoms with Crippen LogP contribution in [0.25, 0.3) is 0 Å². The molecule has 0 unspecified atom stereocenters. The third-order valence-corrected chi connectivity index (χ3v) is 4.57. The van der Waals surface area contributed by atoms with E-state index in [1.807, 2.05) is 31.2 Å². The molecule has 22 heavy (non-hydrogen) atoms. The molecule has 0 spiro atoms. The van der Waals surface area contributed by atoms with E-state index < -0.39 is 5.72 Å². The number of halogens is 1. The molecule has 5 heteroatoms. The summed E-state index contributed by atoms with van der Waals surface area (Å²) in [4.78, 5) is 1.74. The fourth-order valence-corrected chi connectivity index (χ4v) is 3.75. The Morgan fingerprint density at radius 2 is 1.95 bits per heavy atom. The maximum atomic E-state index is 14.3. The Morgan fingerprint density at radius 1 is 1.23 bits per heavy atom. The average molecular weight is 314 g/mol. The molecule has 2 bridgehead atoms. The van der Waals surface area contributed by atoms with Crippen molar-refractivity contribution < 1.29 is 9.13 Å². The van der Waals surface area contributed by atoms with Gasteiger partial charge in [0.2, 0.25) is 0 Å². The van der Waals surface area contributed by atoms with Crippen molar-refractivity contribution in [3.63, 3.8) is 0 Å². The second-order valence-electron chi connectivity index (χ2n) is 5.81. The lowest BCUT2D eigenvalue weighted by Gasteiger charge is -2.52. The number of nitrogens with one attached hydrogen (secondary N) is 1. The highest BCUT2D eigenvalue weighted by Crippen LogP contribution is 2.45. The van der Waals surface area contributed by atoms with Gasteiger partial charge in [-0.15, -0.1) is 0 Å². The first-order valence-corrected chi connectivity index (χ1v) is 7.62. The first-order valence-electron chi connectivity index (χ1n) is 7.22. The number of anilines is 1. The summed E-state index contributed by atoms with van der Waals surface area (Å²) in [6, 6.07) is 14.6. The number of rotatable bonds is 1. The number of fused-ring (bicyclic) bond motifs is 4. The van der Waals surface area contributed by atoms with E-state index in [2.05, 4.69) is 5.32 Å². The zero-order valence-corrected chi connectivity index (χ0v) is 12.9. The molecule has 0 saturated carbocycles. The monoisotopic (exact) mass is 314 g/mol. The summed E-state index contributed by atoms with van der Waals surface area (Å²) >= 11 is 5.49. The van der Waals surface area contributed by atoms with E-state index in [1.54, 1.807) is 23.1 Å². The summed E-state index contributed by atoms with van der Waals surface area (Å²) in [5.74, 6) is 0.506. The zero-order chi connectivity index (χ0) is 15.3. The highest BCUT2D eigenvalue weighted by molar-refractivity contribution is 7.80. The van der Waals surface area contributed by atoms with Crippen molar-refractivity contribution >= 4 is 23.0 Å². The van der Waals surface area contributed by atoms with Gasteiger partial charge in [-0.3, -0.25) is 4.90 Å². The van der Waals surface area contributed by atoms with Gasteiger partial charge in [0.1, 0.15) is 11.6 Å². The molecule has 112 valence electrons. The predicted molar refractivity (Wildman–Crippen MR) is 87.4 cm³/mol. The van der Waals surface area contributed by atoms with E-state index in [-0.39, 0.29) is 11.9 Å². The normalized spacial score (nSPS) is 26.0. The molecule has 2 heterocycles. The second kappa shape index (κ2) is 4.68. The number of nitrogens with zero attached hydrogens (tertiary/aromatic N) is 1. The molecule has 2 aromatic rings. The fourth-order valence-electron chi connectivity index (χ4n) is 3.32. The topological polar surface area (TPSA) is 24.5 Å². The molecule has 1 fully saturated rings. The second-order valence-corrected chi connectivity index (χ2v) is 6.19. The molecule has 0 radical (unpaired) electrons. The van der Waals surface area contributed by atoms with Gasteiger partial charge in [0.25, 0.3) is 0 Å². The van der Waals surface area contributed by atoms with Crippen LogP contribution in [0.5, 0.6) is 5.75 Å². The van der Waals surface area contributed by atoms with Gasteiger partial charge in [-0.2, -0.15) is 0 Å². The SMILES string of the molecule is C[C@@]12C[C@@H](NC(=S)N1c1ccccc1F)c1ccccc1O2. The van der Waals surface area contributed by atoms with E-state index in [0.29, 0.717) is 17.2 Å². The van der Waals surface area contributed by atoms with Gasteiger partial charge >= 0.3 is 0 Å². The molecule has 4 rings (SSSR count). The van der Waals surface area contributed by atoms with Crippen molar-refractivity contribution in [3.8, 4) is 5.75 Å². The first-order chi connectivity index (χ1) is 10.6. The number of para-hydroxylation sites is 2. The van der Waals surface area contributed by atoms with E-state index in [4.69, 9.17) is 17.0 Å². The average Bonchev–Trinajstić information content (AvgIpc) is 2.48. The summed E-state index contributed by atoms with van der Waals surface area (Å²) < 4.78 is 20.5. The highest BCUT2D eigenvalue weighted by Gasteiger charge is 2.48. The summed E-state index contributed by atoms with van der Waals surface area (Å²) in [6.45, 7) is 1.95. The van der Waals surface area contributed by atoms with E-state index >= 15 is 0 Å². The van der Waals surface area contributed by atoms with Crippen molar-refractivity contribution in [2.45, 2.75) is 25.1 Å². The Bertz CT molecular complexity index is 766. The van der Waals surface area contributed by atoms with Gasteiger partial charge in [-0.05, 0) is 37.3 Å². The number of benzene rings is 2. The van der Waals surface area contributed by atoms with Crippen LogP contribution in [0.15, 0.2) is 48.5 Å². The quantitative estimate of drug-likeness (QED) is 0.810. The summed E-state index contributed by atoms with van der Waals surface area (Å²) in [7, 11) is 0. The Labute approximate surface area is 133 Å². The molecule has 3 nitrogen and oxygen atoms in total. The number of hydrogen-bond donors (Lipinski definition) is 1. The van der Waals surface area contributed by atoms with E-state index in [9.17, 15) is 4.39 Å². The van der Waals surface area contributed by atoms with Gasteiger partial charge < -0.3 is 10.1 Å². The van der Waals surface area contributed by atoms with Crippen molar-refractivity contribution in [2.75, 3.05) is 4.90 Å². The molecule has 2 atom stereocenters. The van der Waals surface area contributed by atoms with Gasteiger partial charge in [-0.25, -0.2) is 4.39 Å². The molecule has 0 aliphatic carbocycles. The Balaban J connectivity index is 1.84. The zero-order valence-electron chi connectivity index (χ0n) is 12.0. The minimum atomic E-state index is -0.705. The lowest BCUT2D eigenvalue weighted by atomic mass is 9.90. The maximum Gasteiger partial charge on any atom is 0.188 e. The molecule has 2 aliphatic heterocycles. The third kappa shape index (κ3) is 1.89. The Kier molecular flexibility index (Phi) is 2.87. The number of thiocarbonyl (C=S) groups is 1. The highest BCUT2D eigenvalue weighted by atomic mass is 32.1. The summed E-state index contributed by atoms with van der Waals surface area (Å²) in [5.41, 5.74) is 0.819. The van der Waals surface area contributed by atoms with Gasteiger partial charge in [-0.1, -0.05) is 30.3 Å². The van der Waals surface area contributed by atoms with Crippen LogP contribution < -0.4 is 15.0 Å². The number of hydrogen-bond acceptors (Lipinski definition) is 2. The summed E-state index contributed by atoms with van der Waals surface area (Å²) in [5, 5.41) is 3.80. The third-order valence-electron chi connectivity index (χ3n) is 4.27.